The summed E-state index contributed by atoms with van der Waals surface area (Å²) in [6.45, 7) is 4.00. The first-order chi connectivity index (χ1) is 11.7. The van der Waals surface area contributed by atoms with Crippen molar-refractivity contribution in [3.05, 3.63) is 59.0 Å². The molecule has 0 aliphatic carbocycles. The molecule has 2 aromatic rings. The zero-order valence-corrected chi connectivity index (χ0v) is 13.9. The van der Waals surface area contributed by atoms with Gasteiger partial charge < -0.3 is 14.6 Å². The van der Waals surface area contributed by atoms with Crippen LogP contribution in [-0.2, 0) is 13.0 Å². The van der Waals surface area contributed by atoms with Crippen molar-refractivity contribution in [2.75, 3.05) is 13.1 Å². The molecule has 0 radical (unpaired) electrons. The summed E-state index contributed by atoms with van der Waals surface area (Å²) in [6, 6.07) is 10.9. The molecule has 3 rings (SSSR count). The van der Waals surface area contributed by atoms with Crippen molar-refractivity contribution in [3.8, 4) is 0 Å². The Morgan fingerprint density at radius 1 is 1.17 bits per heavy atom. The molecule has 1 N–H and O–H groups in total. The molecule has 24 heavy (non-hydrogen) atoms. The molecule has 1 saturated heterocycles. The highest BCUT2D eigenvalue weighted by Crippen LogP contribution is 2.14. The van der Waals surface area contributed by atoms with Crippen LogP contribution in [0.1, 0.15) is 52.0 Å². The fraction of sp³-hybridized carbons (Fsp3) is 0.368. The van der Waals surface area contributed by atoms with Crippen LogP contribution in [0.15, 0.2) is 40.8 Å². The summed E-state index contributed by atoms with van der Waals surface area (Å²) in [6.07, 6.45) is 2.91. The molecular formula is C19H22N2O3. The third-order valence-corrected chi connectivity index (χ3v) is 4.25. The van der Waals surface area contributed by atoms with E-state index in [4.69, 9.17) is 4.42 Å². The van der Waals surface area contributed by atoms with Gasteiger partial charge in [0.1, 0.15) is 5.76 Å². The first kappa shape index (κ1) is 16.3. The Hall–Kier alpha value is -2.56. The van der Waals surface area contributed by atoms with Crippen molar-refractivity contribution in [3.63, 3.8) is 0 Å². The van der Waals surface area contributed by atoms with Crippen LogP contribution in [0.5, 0.6) is 0 Å². The number of carbonyl (C=O) groups excluding carboxylic acids is 2. The third kappa shape index (κ3) is 3.67. The minimum atomic E-state index is -0.244. The average molecular weight is 326 g/mol. The van der Waals surface area contributed by atoms with Crippen molar-refractivity contribution in [1.82, 2.24) is 10.2 Å². The maximum atomic E-state index is 12.4. The van der Waals surface area contributed by atoms with Gasteiger partial charge in [0, 0.05) is 31.6 Å². The number of benzene rings is 1. The normalized spacial score (nSPS) is 14.0. The van der Waals surface area contributed by atoms with E-state index in [9.17, 15) is 9.59 Å². The van der Waals surface area contributed by atoms with Crippen LogP contribution < -0.4 is 5.32 Å². The number of furan rings is 1. The van der Waals surface area contributed by atoms with Crippen LogP contribution >= 0.6 is 0 Å². The van der Waals surface area contributed by atoms with Crippen molar-refractivity contribution in [1.29, 1.82) is 0 Å². The first-order valence-corrected chi connectivity index (χ1v) is 8.42. The molecule has 5 nitrogen and oxygen atoms in total. The van der Waals surface area contributed by atoms with E-state index < -0.39 is 0 Å². The molecule has 0 saturated carbocycles. The highest BCUT2D eigenvalue weighted by molar-refractivity contribution is 5.94. The number of carbonyl (C=O) groups is 2. The molecule has 2 amide bonds. The monoisotopic (exact) mass is 326 g/mol. The number of hydrogen-bond donors (Lipinski definition) is 1. The van der Waals surface area contributed by atoms with Gasteiger partial charge in [-0.25, -0.2) is 0 Å². The van der Waals surface area contributed by atoms with E-state index in [-0.39, 0.29) is 11.8 Å². The van der Waals surface area contributed by atoms with E-state index in [0.29, 0.717) is 17.9 Å². The Balaban J connectivity index is 1.62. The third-order valence-electron chi connectivity index (χ3n) is 4.25. The topological polar surface area (TPSA) is 62.6 Å². The molecule has 0 bridgehead atoms. The Kier molecular flexibility index (Phi) is 4.99. The SMILES string of the molecule is CCc1ccc(C(=O)NCc2cccc(C(=O)N3CCCC3)c2)o1. The zero-order chi connectivity index (χ0) is 16.9. The highest BCUT2D eigenvalue weighted by Gasteiger charge is 2.19. The molecule has 0 spiro atoms. The summed E-state index contributed by atoms with van der Waals surface area (Å²) in [5, 5.41) is 2.83. The maximum absolute atomic E-state index is 12.4. The van der Waals surface area contributed by atoms with E-state index in [0.717, 1.165) is 43.7 Å². The number of rotatable bonds is 5. The zero-order valence-electron chi connectivity index (χ0n) is 13.9. The second-order valence-corrected chi connectivity index (χ2v) is 6.00. The molecule has 5 heteroatoms. The van der Waals surface area contributed by atoms with E-state index >= 15 is 0 Å². The summed E-state index contributed by atoms with van der Waals surface area (Å²) in [4.78, 5) is 26.4. The van der Waals surface area contributed by atoms with Gasteiger partial charge in [-0.3, -0.25) is 9.59 Å². The van der Waals surface area contributed by atoms with Crippen LogP contribution in [-0.4, -0.2) is 29.8 Å². The number of hydrogen-bond acceptors (Lipinski definition) is 3. The Morgan fingerprint density at radius 2 is 1.96 bits per heavy atom. The molecule has 1 aromatic carbocycles. The average Bonchev–Trinajstić information content (AvgIpc) is 3.30. The Morgan fingerprint density at radius 3 is 2.67 bits per heavy atom. The number of amides is 2. The lowest BCUT2D eigenvalue weighted by Gasteiger charge is -2.15. The second kappa shape index (κ2) is 7.34. The van der Waals surface area contributed by atoms with Crippen LogP contribution in [0.2, 0.25) is 0 Å². The van der Waals surface area contributed by atoms with Crippen molar-refractivity contribution < 1.29 is 14.0 Å². The summed E-state index contributed by atoms with van der Waals surface area (Å²) in [5.74, 6) is 0.930. The maximum Gasteiger partial charge on any atom is 0.287 e. The van der Waals surface area contributed by atoms with Crippen molar-refractivity contribution >= 4 is 11.8 Å². The summed E-state index contributed by atoms with van der Waals surface area (Å²) < 4.78 is 5.44. The van der Waals surface area contributed by atoms with Gasteiger partial charge in [0.15, 0.2) is 5.76 Å². The van der Waals surface area contributed by atoms with Crippen LogP contribution in [0, 0.1) is 0 Å². The Labute approximate surface area is 141 Å². The van der Waals surface area contributed by atoms with Crippen LogP contribution in [0.25, 0.3) is 0 Å². The minimum Gasteiger partial charge on any atom is -0.456 e. The number of nitrogens with zero attached hydrogens (tertiary/aromatic N) is 1. The summed E-state index contributed by atoms with van der Waals surface area (Å²) >= 11 is 0. The fourth-order valence-corrected chi connectivity index (χ4v) is 2.88. The molecule has 1 aliphatic rings. The smallest absolute Gasteiger partial charge is 0.287 e. The van der Waals surface area contributed by atoms with Crippen LogP contribution in [0.3, 0.4) is 0 Å². The van der Waals surface area contributed by atoms with Gasteiger partial charge in [0.2, 0.25) is 0 Å². The predicted molar refractivity (Wildman–Crippen MR) is 90.8 cm³/mol. The Bertz CT molecular complexity index is 730. The van der Waals surface area contributed by atoms with Crippen molar-refractivity contribution in [2.24, 2.45) is 0 Å². The molecule has 126 valence electrons. The van der Waals surface area contributed by atoms with E-state index in [1.165, 1.54) is 0 Å². The second-order valence-electron chi connectivity index (χ2n) is 6.00. The van der Waals surface area contributed by atoms with E-state index in [2.05, 4.69) is 5.32 Å². The van der Waals surface area contributed by atoms with E-state index in [1.807, 2.05) is 42.2 Å². The van der Waals surface area contributed by atoms with E-state index in [1.54, 1.807) is 6.07 Å². The van der Waals surface area contributed by atoms with Gasteiger partial charge in [-0.15, -0.1) is 0 Å². The quantitative estimate of drug-likeness (QED) is 0.919. The van der Waals surface area contributed by atoms with Gasteiger partial charge in [-0.2, -0.15) is 0 Å². The molecule has 1 aliphatic heterocycles. The predicted octanol–water partition coefficient (Wildman–Crippen LogP) is 3.01. The molecular weight excluding hydrogens is 304 g/mol. The largest absolute Gasteiger partial charge is 0.456 e. The lowest BCUT2D eigenvalue weighted by atomic mass is 10.1. The molecule has 0 unspecified atom stereocenters. The minimum absolute atomic E-state index is 0.0688. The number of likely N-dealkylation sites (tertiary alicyclic amines) is 1. The fourth-order valence-electron chi connectivity index (χ4n) is 2.88. The summed E-state index contributed by atoms with van der Waals surface area (Å²) in [5.41, 5.74) is 1.57. The van der Waals surface area contributed by atoms with Crippen molar-refractivity contribution in [2.45, 2.75) is 32.7 Å². The van der Waals surface area contributed by atoms with Gasteiger partial charge in [-0.05, 0) is 42.7 Å². The van der Waals surface area contributed by atoms with Gasteiger partial charge in [-0.1, -0.05) is 19.1 Å². The molecule has 0 atom stereocenters. The standard InChI is InChI=1S/C19H22N2O3/c1-2-16-8-9-17(24-16)18(22)20-13-14-6-5-7-15(12-14)19(23)21-10-3-4-11-21/h5-9,12H,2-4,10-11,13H2,1H3,(H,20,22). The lowest BCUT2D eigenvalue weighted by Crippen LogP contribution is -2.28. The lowest BCUT2D eigenvalue weighted by molar-refractivity contribution is 0.0792. The van der Waals surface area contributed by atoms with Gasteiger partial charge in [0.25, 0.3) is 11.8 Å². The molecule has 1 fully saturated rings. The molecule has 1 aromatic heterocycles. The number of nitrogens with one attached hydrogen (secondary N) is 1. The number of aryl methyl sites for hydroxylation is 1. The van der Waals surface area contributed by atoms with Gasteiger partial charge >= 0.3 is 0 Å². The first-order valence-electron chi connectivity index (χ1n) is 8.42. The summed E-state index contributed by atoms with van der Waals surface area (Å²) in [7, 11) is 0. The van der Waals surface area contributed by atoms with Crippen LogP contribution in [0.4, 0.5) is 0 Å². The molecule has 2 heterocycles. The van der Waals surface area contributed by atoms with Gasteiger partial charge in [0.05, 0.1) is 0 Å². The highest BCUT2D eigenvalue weighted by atomic mass is 16.3.